The second kappa shape index (κ2) is 5.09. The quantitative estimate of drug-likeness (QED) is 0.828. The molecule has 0 bridgehead atoms. The third-order valence-electron chi connectivity index (χ3n) is 2.50. The second-order valence-electron chi connectivity index (χ2n) is 3.67. The zero-order valence-electron chi connectivity index (χ0n) is 9.61. The van der Waals surface area contributed by atoms with Crippen LogP contribution in [0.4, 0.5) is 4.39 Å². The van der Waals surface area contributed by atoms with E-state index in [9.17, 15) is 9.18 Å². The third kappa shape index (κ3) is 2.45. The molecule has 0 aliphatic rings. The minimum Gasteiger partial charge on any atom is -0.345 e. The molecule has 2 aromatic rings. The average Bonchev–Trinajstić information content (AvgIpc) is 2.68. The number of hydrogen-bond acceptors (Lipinski definition) is 3. The Morgan fingerprint density at radius 3 is 2.89 bits per heavy atom. The van der Waals surface area contributed by atoms with Crippen molar-refractivity contribution in [1.82, 2.24) is 20.1 Å². The number of H-pyrrole nitrogens is 1. The monoisotopic (exact) mass is 266 g/mol. The van der Waals surface area contributed by atoms with Crippen LogP contribution < -0.4 is 5.32 Å². The van der Waals surface area contributed by atoms with E-state index in [1.165, 1.54) is 18.2 Å². The zero-order chi connectivity index (χ0) is 13.1. The molecule has 0 radical (unpaired) electrons. The summed E-state index contributed by atoms with van der Waals surface area (Å²) in [4.78, 5) is 11.7. The molecule has 1 aromatic carbocycles. The molecule has 5 nitrogen and oxygen atoms in total. The Balaban J connectivity index is 2.08. The standard InChI is InChI=1S/C11H11FN4OS/c1-16-9(14-15-11(16)18)6-13-10(17)7-4-2-3-5-8(7)12/h2-5H,6H2,1H3,(H,13,17)(H,15,18). The molecular weight excluding hydrogens is 255 g/mol. The lowest BCUT2D eigenvalue weighted by Gasteiger charge is -2.05. The van der Waals surface area contributed by atoms with Gasteiger partial charge in [0.05, 0.1) is 12.1 Å². The van der Waals surface area contributed by atoms with Crippen molar-refractivity contribution in [2.45, 2.75) is 6.54 Å². The van der Waals surface area contributed by atoms with Gasteiger partial charge >= 0.3 is 0 Å². The Labute approximate surface area is 108 Å². The fourth-order valence-corrected chi connectivity index (χ4v) is 1.59. The van der Waals surface area contributed by atoms with E-state index in [1.54, 1.807) is 17.7 Å². The maximum Gasteiger partial charge on any atom is 0.254 e. The normalized spacial score (nSPS) is 10.3. The van der Waals surface area contributed by atoms with Gasteiger partial charge < -0.3 is 9.88 Å². The van der Waals surface area contributed by atoms with Crippen LogP contribution in [0.3, 0.4) is 0 Å². The predicted octanol–water partition coefficient (Wildman–Crippen LogP) is 1.55. The van der Waals surface area contributed by atoms with Crippen LogP contribution in [-0.2, 0) is 13.6 Å². The maximum atomic E-state index is 13.3. The first-order valence-corrected chi connectivity index (χ1v) is 5.63. The summed E-state index contributed by atoms with van der Waals surface area (Å²) in [6.07, 6.45) is 0. The lowest BCUT2D eigenvalue weighted by Crippen LogP contribution is -2.25. The molecule has 94 valence electrons. The van der Waals surface area contributed by atoms with Gasteiger partial charge in [0.1, 0.15) is 5.82 Å². The molecule has 0 unspecified atom stereocenters. The molecule has 2 N–H and O–H groups in total. The largest absolute Gasteiger partial charge is 0.345 e. The van der Waals surface area contributed by atoms with Crippen LogP contribution >= 0.6 is 12.2 Å². The van der Waals surface area contributed by atoms with Crippen molar-refractivity contribution in [2.75, 3.05) is 0 Å². The van der Waals surface area contributed by atoms with Crippen LogP contribution in [0.5, 0.6) is 0 Å². The average molecular weight is 266 g/mol. The lowest BCUT2D eigenvalue weighted by atomic mass is 10.2. The first-order valence-electron chi connectivity index (χ1n) is 5.22. The van der Waals surface area contributed by atoms with Crippen molar-refractivity contribution in [3.05, 3.63) is 46.2 Å². The van der Waals surface area contributed by atoms with Crippen LogP contribution in [0.1, 0.15) is 16.2 Å². The van der Waals surface area contributed by atoms with Crippen molar-refractivity contribution in [1.29, 1.82) is 0 Å². The SMILES string of the molecule is Cn1c(CNC(=O)c2ccccc2F)n[nH]c1=S. The molecule has 1 amide bonds. The number of aromatic amines is 1. The highest BCUT2D eigenvalue weighted by atomic mass is 32.1. The molecule has 0 spiro atoms. The number of benzene rings is 1. The van der Waals surface area contributed by atoms with Crippen LogP contribution in [0.15, 0.2) is 24.3 Å². The van der Waals surface area contributed by atoms with Crippen LogP contribution in [-0.4, -0.2) is 20.7 Å². The van der Waals surface area contributed by atoms with Gasteiger partial charge in [-0.15, -0.1) is 0 Å². The highest BCUT2D eigenvalue weighted by Gasteiger charge is 2.11. The van der Waals surface area contributed by atoms with E-state index in [2.05, 4.69) is 15.5 Å². The van der Waals surface area contributed by atoms with Gasteiger partial charge in [-0.3, -0.25) is 9.89 Å². The van der Waals surface area contributed by atoms with Crippen molar-refractivity contribution in [2.24, 2.45) is 7.05 Å². The number of amides is 1. The highest BCUT2D eigenvalue weighted by Crippen LogP contribution is 2.06. The van der Waals surface area contributed by atoms with Crippen molar-refractivity contribution in [3.63, 3.8) is 0 Å². The van der Waals surface area contributed by atoms with Gasteiger partial charge in [0.15, 0.2) is 10.6 Å². The van der Waals surface area contributed by atoms with Crippen molar-refractivity contribution < 1.29 is 9.18 Å². The van der Waals surface area contributed by atoms with Gasteiger partial charge in [-0.05, 0) is 24.4 Å². The van der Waals surface area contributed by atoms with Gasteiger partial charge in [0, 0.05) is 7.05 Å². The number of aromatic nitrogens is 3. The van der Waals surface area contributed by atoms with Crippen LogP contribution in [0, 0.1) is 10.6 Å². The van der Waals surface area contributed by atoms with Crippen LogP contribution in [0.25, 0.3) is 0 Å². The summed E-state index contributed by atoms with van der Waals surface area (Å²) < 4.78 is 15.4. The molecule has 1 heterocycles. The third-order valence-corrected chi connectivity index (χ3v) is 2.86. The summed E-state index contributed by atoms with van der Waals surface area (Å²) >= 11 is 4.94. The van der Waals surface area contributed by atoms with E-state index in [1.807, 2.05) is 0 Å². The van der Waals surface area contributed by atoms with Crippen molar-refractivity contribution >= 4 is 18.1 Å². The molecule has 0 aliphatic heterocycles. The molecule has 0 fully saturated rings. The Hall–Kier alpha value is -2.02. The predicted molar refractivity (Wildman–Crippen MR) is 66.0 cm³/mol. The summed E-state index contributed by atoms with van der Waals surface area (Å²) in [7, 11) is 1.73. The Morgan fingerprint density at radius 2 is 2.28 bits per heavy atom. The Bertz CT molecular complexity index is 634. The molecule has 0 saturated heterocycles. The molecule has 18 heavy (non-hydrogen) atoms. The van der Waals surface area contributed by atoms with E-state index in [0.717, 1.165) is 0 Å². The van der Waals surface area contributed by atoms with E-state index >= 15 is 0 Å². The number of nitrogens with zero attached hydrogens (tertiary/aromatic N) is 2. The fourth-order valence-electron chi connectivity index (χ4n) is 1.44. The van der Waals surface area contributed by atoms with Gasteiger partial charge in [-0.2, -0.15) is 5.10 Å². The zero-order valence-corrected chi connectivity index (χ0v) is 10.4. The minimum absolute atomic E-state index is 0.00860. The lowest BCUT2D eigenvalue weighted by molar-refractivity contribution is 0.0945. The van der Waals surface area contributed by atoms with E-state index < -0.39 is 11.7 Å². The molecule has 1 aromatic heterocycles. The number of halogens is 1. The highest BCUT2D eigenvalue weighted by molar-refractivity contribution is 7.71. The summed E-state index contributed by atoms with van der Waals surface area (Å²) in [6, 6.07) is 5.80. The van der Waals surface area contributed by atoms with Gasteiger partial charge in [0.2, 0.25) is 0 Å². The summed E-state index contributed by atoms with van der Waals surface area (Å²) in [6.45, 7) is 0.177. The second-order valence-corrected chi connectivity index (χ2v) is 4.05. The summed E-state index contributed by atoms with van der Waals surface area (Å²) in [5.74, 6) is -0.461. The molecule has 0 saturated carbocycles. The van der Waals surface area contributed by atoms with Gasteiger partial charge in [-0.25, -0.2) is 4.39 Å². The fraction of sp³-hybridized carbons (Fsp3) is 0.182. The summed E-state index contributed by atoms with van der Waals surface area (Å²) in [5.41, 5.74) is 0.00860. The molecule has 0 aliphatic carbocycles. The summed E-state index contributed by atoms with van der Waals surface area (Å²) in [5, 5.41) is 9.12. The van der Waals surface area contributed by atoms with E-state index in [4.69, 9.17) is 12.2 Å². The van der Waals surface area contributed by atoms with Gasteiger partial charge in [0.25, 0.3) is 5.91 Å². The molecule has 2 rings (SSSR count). The number of rotatable bonds is 3. The molecular formula is C11H11FN4OS. The van der Waals surface area contributed by atoms with Crippen LogP contribution in [0.2, 0.25) is 0 Å². The number of hydrogen-bond donors (Lipinski definition) is 2. The Kier molecular flexibility index (Phi) is 3.52. The minimum atomic E-state index is -0.551. The van der Waals surface area contributed by atoms with Crippen molar-refractivity contribution in [3.8, 4) is 0 Å². The smallest absolute Gasteiger partial charge is 0.254 e. The first-order chi connectivity index (χ1) is 8.59. The maximum absolute atomic E-state index is 13.3. The van der Waals surface area contributed by atoms with E-state index in [0.29, 0.717) is 10.6 Å². The van der Waals surface area contributed by atoms with Gasteiger partial charge in [-0.1, -0.05) is 12.1 Å². The van der Waals surface area contributed by atoms with E-state index in [-0.39, 0.29) is 12.1 Å². The number of carbonyl (C=O) groups is 1. The molecule has 7 heteroatoms. The number of nitrogens with one attached hydrogen (secondary N) is 2. The Morgan fingerprint density at radius 1 is 1.56 bits per heavy atom. The first kappa shape index (κ1) is 12.4. The topological polar surface area (TPSA) is 62.7 Å². The number of carbonyl (C=O) groups excluding carboxylic acids is 1. The molecule has 0 atom stereocenters.